The SMILES string of the molecule is Cc1ccc(C(C)C)c(OC(C)C(=O)NC2CCN(C)CC2)c1. The van der Waals surface area contributed by atoms with E-state index in [0.29, 0.717) is 5.92 Å². The van der Waals surface area contributed by atoms with E-state index in [1.807, 2.05) is 19.9 Å². The second kappa shape index (κ2) is 7.82. The molecule has 0 aliphatic carbocycles. The van der Waals surface area contributed by atoms with Crippen molar-refractivity contribution in [1.82, 2.24) is 10.2 Å². The smallest absolute Gasteiger partial charge is 0.260 e. The van der Waals surface area contributed by atoms with Crippen LogP contribution >= 0.6 is 0 Å². The van der Waals surface area contributed by atoms with Crippen LogP contribution in [-0.4, -0.2) is 43.1 Å². The minimum absolute atomic E-state index is 0.0178. The number of carbonyl (C=O) groups is 1. The molecule has 4 nitrogen and oxygen atoms in total. The molecule has 2 rings (SSSR count). The van der Waals surface area contributed by atoms with Gasteiger partial charge in [-0.3, -0.25) is 4.79 Å². The zero-order chi connectivity index (χ0) is 17.0. The summed E-state index contributed by atoms with van der Waals surface area (Å²) in [5.41, 5.74) is 2.29. The van der Waals surface area contributed by atoms with Crippen LogP contribution < -0.4 is 10.1 Å². The van der Waals surface area contributed by atoms with Gasteiger partial charge in [0.15, 0.2) is 6.10 Å². The predicted octanol–water partition coefficient (Wildman–Crippen LogP) is 3.10. The Balaban J connectivity index is 1.97. The van der Waals surface area contributed by atoms with Gasteiger partial charge in [0.05, 0.1) is 0 Å². The molecule has 1 unspecified atom stereocenters. The number of ether oxygens (including phenoxy) is 1. The molecule has 0 spiro atoms. The third-order valence-electron chi connectivity index (χ3n) is 4.53. The molecule has 128 valence electrons. The molecule has 1 amide bonds. The number of hydrogen-bond donors (Lipinski definition) is 1. The minimum Gasteiger partial charge on any atom is -0.481 e. The lowest BCUT2D eigenvalue weighted by atomic mass is 10.0. The Morgan fingerprint density at radius 1 is 1.26 bits per heavy atom. The number of nitrogens with one attached hydrogen (secondary N) is 1. The molecule has 0 saturated carbocycles. The third kappa shape index (κ3) is 4.96. The Hall–Kier alpha value is -1.55. The van der Waals surface area contributed by atoms with Crippen LogP contribution in [0, 0.1) is 6.92 Å². The Morgan fingerprint density at radius 3 is 2.52 bits per heavy atom. The fourth-order valence-electron chi connectivity index (χ4n) is 2.94. The summed E-state index contributed by atoms with van der Waals surface area (Å²) in [7, 11) is 2.12. The van der Waals surface area contributed by atoms with E-state index in [9.17, 15) is 4.79 Å². The van der Waals surface area contributed by atoms with Crippen LogP contribution in [0.2, 0.25) is 0 Å². The highest BCUT2D eigenvalue weighted by Crippen LogP contribution is 2.28. The van der Waals surface area contributed by atoms with Crippen LogP contribution in [0.1, 0.15) is 50.7 Å². The molecule has 0 aromatic heterocycles. The van der Waals surface area contributed by atoms with Crippen molar-refractivity contribution in [2.24, 2.45) is 0 Å². The highest BCUT2D eigenvalue weighted by Gasteiger charge is 2.23. The van der Waals surface area contributed by atoms with Gasteiger partial charge in [-0.1, -0.05) is 26.0 Å². The van der Waals surface area contributed by atoms with Gasteiger partial charge in [0.25, 0.3) is 5.91 Å². The molecular formula is C19H30N2O2. The lowest BCUT2D eigenvalue weighted by Crippen LogP contribution is -2.47. The van der Waals surface area contributed by atoms with Crippen molar-refractivity contribution < 1.29 is 9.53 Å². The second-order valence-electron chi connectivity index (χ2n) is 7.04. The molecule has 1 aliphatic rings. The molecule has 1 aromatic rings. The first kappa shape index (κ1) is 17.8. The summed E-state index contributed by atoms with van der Waals surface area (Å²) in [6.45, 7) is 10.2. The number of likely N-dealkylation sites (tertiary alicyclic amines) is 1. The zero-order valence-corrected chi connectivity index (χ0v) is 15.1. The van der Waals surface area contributed by atoms with Gasteiger partial charge in [0.2, 0.25) is 0 Å². The Kier molecular flexibility index (Phi) is 6.05. The molecule has 1 aromatic carbocycles. The Morgan fingerprint density at radius 2 is 1.91 bits per heavy atom. The summed E-state index contributed by atoms with van der Waals surface area (Å²) in [4.78, 5) is 14.7. The summed E-state index contributed by atoms with van der Waals surface area (Å²) in [5.74, 6) is 1.18. The second-order valence-corrected chi connectivity index (χ2v) is 7.04. The van der Waals surface area contributed by atoms with Gasteiger partial charge in [-0.15, -0.1) is 0 Å². The van der Waals surface area contributed by atoms with Crippen LogP contribution in [0.15, 0.2) is 18.2 Å². The number of carbonyl (C=O) groups excluding carboxylic acids is 1. The largest absolute Gasteiger partial charge is 0.481 e. The summed E-state index contributed by atoms with van der Waals surface area (Å²) in [6.07, 6.45) is 1.54. The summed E-state index contributed by atoms with van der Waals surface area (Å²) in [6, 6.07) is 6.48. The van der Waals surface area contributed by atoms with E-state index in [4.69, 9.17) is 4.74 Å². The Bertz CT molecular complexity index is 534. The number of nitrogens with zero attached hydrogens (tertiary/aromatic N) is 1. The summed E-state index contributed by atoms with van der Waals surface area (Å²) >= 11 is 0. The van der Waals surface area contributed by atoms with Gasteiger partial charge < -0.3 is 15.0 Å². The van der Waals surface area contributed by atoms with Gasteiger partial charge in [-0.2, -0.15) is 0 Å². The molecule has 4 heteroatoms. The van der Waals surface area contributed by atoms with Crippen molar-refractivity contribution in [1.29, 1.82) is 0 Å². The zero-order valence-electron chi connectivity index (χ0n) is 15.1. The average molecular weight is 318 g/mol. The number of benzene rings is 1. The highest BCUT2D eigenvalue weighted by atomic mass is 16.5. The van der Waals surface area contributed by atoms with Gasteiger partial charge in [-0.05, 0) is 69.9 Å². The topological polar surface area (TPSA) is 41.6 Å². The molecule has 1 saturated heterocycles. The normalized spacial score (nSPS) is 18.0. The maximum Gasteiger partial charge on any atom is 0.260 e. The van der Waals surface area contributed by atoms with E-state index >= 15 is 0 Å². The number of amides is 1. The molecule has 0 radical (unpaired) electrons. The van der Waals surface area contributed by atoms with Crippen LogP contribution in [0.5, 0.6) is 5.75 Å². The third-order valence-corrected chi connectivity index (χ3v) is 4.53. The lowest BCUT2D eigenvalue weighted by Gasteiger charge is -2.30. The number of aryl methyl sites for hydroxylation is 1. The van der Waals surface area contributed by atoms with Crippen LogP contribution in [-0.2, 0) is 4.79 Å². The molecule has 1 atom stereocenters. The highest BCUT2D eigenvalue weighted by molar-refractivity contribution is 5.81. The maximum absolute atomic E-state index is 12.4. The predicted molar refractivity (Wildman–Crippen MR) is 94.0 cm³/mol. The number of rotatable bonds is 5. The fraction of sp³-hybridized carbons (Fsp3) is 0.632. The minimum atomic E-state index is -0.478. The van der Waals surface area contributed by atoms with Crippen LogP contribution in [0.3, 0.4) is 0 Å². The number of piperidine rings is 1. The van der Waals surface area contributed by atoms with E-state index in [0.717, 1.165) is 42.8 Å². The first-order valence-electron chi connectivity index (χ1n) is 8.63. The molecule has 1 N–H and O–H groups in total. The van der Waals surface area contributed by atoms with Gasteiger partial charge in [0, 0.05) is 6.04 Å². The van der Waals surface area contributed by atoms with E-state index in [1.54, 1.807) is 0 Å². The van der Waals surface area contributed by atoms with Crippen LogP contribution in [0.4, 0.5) is 0 Å². The van der Waals surface area contributed by atoms with Crippen molar-refractivity contribution in [3.63, 3.8) is 0 Å². The van der Waals surface area contributed by atoms with Crippen molar-refractivity contribution in [3.05, 3.63) is 29.3 Å². The molecule has 1 heterocycles. The first-order valence-corrected chi connectivity index (χ1v) is 8.63. The Labute approximate surface area is 140 Å². The van der Waals surface area contributed by atoms with Crippen molar-refractivity contribution in [2.45, 2.75) is 58.6 Å². The maximum atomic E-state index is 12.4. The van der Waals surface area contributed by atoms with Crippen molar-refractivity contribution in [3.8, 4) is 5.75 Å². The number of hydrogen-bond acceptors (Lipinski definition) is 3. The van der Waals surface area contributed by atoms with Gasteiger partial charge in [0.1, 0.15) is 5.75 Å². The molecule has 1 aliphatic heterocycles. The van der Waals surface area contributed by atoms with Crippen LogP contribution in [0.25, 0.3) is 0 Å². The van der Waals surface area contributed by atoms with E-state index in [-0.39, 0.29) is 11.9 Å². The average Bonchev–Trinajstić information content (AvgIpc) is 2.49. The molecule has 0 bridgehead atoms. The van der Waals surface area contributed by atoms with Crippen molar-refractivity contribution >= 4 is 5.91 Å². The van der Waals surface area contributed by atoms with Crippen molar-refractivity contribution in [2.75, 3.05) is 20.1 Å². The van der Waals surface area contributed by atoms with Gasteiger partial charge >= 0.3 is 0 Å². The fourth-order valence-corrected chi connectivity index (χ4v) is 2.94. The quantitative estimate of drug-likeness (QED) is 0.907. The van der Waals surface area contributed by atoms with E-state index in [1.165, 1.54) is 0 Å². The van der Waals surface area contributed by atoms with Gasteiger partial charge in [-0.25, -0.2) is 0 Å². The lowest BCUT2D eigenvalue weighted by molar-refractivity contribution is -0.128. The molecular weight excluding hydrogens is 288 g/mol. The summed E-state index contributed by atoms with van der Waals surface area (Å²) < 4.78 is 5.99. The standard InChI is InChI=1S/C19H30N2O2/c1-13(2)17-7-6-14(3)12-18(17)23-15(4)19(22)20-16-8-10-21(5)11-9-16/h6-7,12-13,15-16H,8-11H2,1-5H3,(H,20,22). The molecule has 23 heavy (non-hydrogen) atoms. The van der Waals surface area contributed by atoms with E-state index in [2.05, 4.69) is 43.2 Å². The first-order chi connectivity index (χ1) is 10.9. The molecule has 1 fully saturated rings. The van der Waals surface area contributed by atoms with E-state index < -0.39 is 6.10 Å². The summed E-state index contributed by atoms with van der Waals surface area (Å²) in [5, 5.41) is 3.13. The monoisotopic (exact) mass is 318 g/mol.